The average molecular weight is 370 g/mol. The van der Waals surface area contributed by atoms with Crippen LogP contribution in [0.1, 0.15) is 29.2 Å². The number of rotatable bonds is 10. The van der Waals surface area contributed by atoms with E-state index < -0.39 is 0 Å². The number of allylic oxidation sites excluding steroid dienone is 1. The molecule has 0 radical (unpaired) electrons. The van der Waals surface area contributed by atoms with Crippen LogP contribution in [-0.2, 0) is 4.74 Å². The lowest BCUT2D eigenvalue weighted by molar-refractivity contribution is 0.0754. The number of hydrogen-bond donors (Lipinski definition) is 0. The molecule has 4 nitrogen and oxygen atoms in total. The third-order valence-corrected chi connectivity index (χ3v) is 4.38. The summed E-state index contributed by atoms with van der Waals surface area (Å²) in [5.41, 5.74) is 4.65. The highest BCUT2D eigenvalue weighted by Gasteiger charge is 2.07. The number of benzene rings is 2. The van der Waals surface area contributed by atoms with Crippen LogP contribution in [0.15, 0.2) is 36.4 Å². The van der Waals surface area contributed by atoms with Gasteiger partial charge >= 0.3 is 0 Å². The minimum atomic E-state index is 0.460. The van der Waals surface area contributed by atoms with Crippen molar-refractivity contribution in [1.82, 2.24) is 0 Å². The van der Waals surface area contributed by atoms with Gasteiger partial charge in [-0.2, -0.15) is 0 Å². The highest BCUT2D eigenvalue weighted by molar-refractivity contribution is 5.55. The van der Waals surface area contributed by atoms with Gasteiger partial charge in [0.2, 0.25) is 0 Å². The normalized spacial score (nSPS) is 11.0. The molecule has 2 aromatic carbocycles. The van der Waals surface area contributed by atoms with Crippen molar-refractivity contribution >= 4 is 6.08 Å². The van der Waals surface area contributed by atoms with Gasteiger partial charge < -0.3 is 18.9 Å². The van der Waals surface area contributed by atoms with Gasteiger partial charge in [0.1, 0.15) is 19.0 Å². The molecule has 0 saturated carbocycles. The second kappa shape index (κ2) is 10.6. The molecular formula is C23H30O4. The summed E-state index contributed by atoms with van der Waals surface area (Å²) >= 11 is 0. The first kappa shape index (κ1) is 20.8. The maximum absolute atomic E-state index is 5.89. The molecule has 0 aliphatic rings. The van der Waals surface area contributed by atoms with Gasteiger partial charge in [-0.15, -0.1) is 0 Å². The lowest BCUT2D eigenvalue weighted by Gasteiger charge is -2.14. The predicted octanol–water partition coefficient (Wildman–Crippen LogP) is 5.13. The second-order valence-electron chi connectivity index (χ2n) is 6.37. The molecule has 2 rings (SSSR count). The van der Waals surface area contributed by atoms with Gasteiger partial charge in [0.05, 0.1) is 20.3 Å². The van der Waals surface area contributed by atoms with Gasteiger partial charge in [0.15, 0.2) is 11.5 Å². The first-order valence-electron chi connectivity index (χ1n) is 9.27. The Labute approximate surface area is 162 Å². The molecular weight excluding hydrogens is 340 g/mol. The molecule has 146 valence electrons. The van der Waals surface area contributed by atoms with Gasteiger partial charge in [-0.1, -0.05) is 30.4 Å². The average Bonchev–Trinajstić information content (AvgIpc) is 2.67. The van der Waals surface area contributed by atoms with Gasteiger partial charge in [0.25, 0.3) is 0 Å². The van der Waals surface area contributed by atoms with Crippen LogP contribution < -0.4 is 14.2 Å². The fourth-order valence-corrected chi connectivity index (χ4v) is 2.76. The van der Waals surface area contributed by atoms with E-state index in [4.69, 9.17) is 18.9 Å². The summed E-state index contributed by atoms with van der Waals surface area (Å²) in [6.45, 7) is 10.2. The molecule has 0 spiro atoms. The van der Waals surface area contributed by atoms with Gasteiger partial charge in [-0.05, 0) is 62.1 Å². The molecule has 0 bridgehead atoms. The third kappa shape index (κ3) is 6.04. The van der Waals surface area contributed by atoms with Crippen LogP contribution in [0.3, 0.4) is 0 Å². The standard InChI is InChI=1S/C23H30O4/c1-6-7-20-10-11-21(22(16-20)24-5)26-14-12-25-13-15-27-23-18(3)9-8-17(2)19(23)4/h6-11,16H,12-15H2,1-5H3/b7-6+. The van der Waals surface area contributed by atoms with Crippen molar-refractivity contribution < 1.29 is 18.9 Å². The van der Waals surface area contributed by atoms with Crippen LogP contribution in [0.5, 0.6) is 17.2 Å². The van der Waals surface area contributed by atoms with Gasteiger partial charge in [0, 0.05) is 0 Å². The van der Waals surface area contributed by atoms with E-state index in [2.05, 4.69) is 32.9 Å². The van der Waals surface area contributed by atoms with Gasteiger partial charge in [-0.3, -0.25) is 0 Å². The largest absolute Gasteiger partial charge is 0.493 e. The summed E-state index contributed by atoms with van der Waals surface area (Å²) in [4.78, 5) is 0. The lowest BCUT2D eigenvalue weighted by Crippen LogP contribution is -2.13. The zero-order chi connectivity index (χ0) is 19.6. The highest BCUT2D eigenvalue weighted by atomic mass is 16.6. The van der Waals surface area contributed by atoms with E-state index >= 15 is 0 Å². The highest BCUT2D eigenvalue weighted by Crippen LogP contribution is 2.28. The summed E-state index contributed by atoms with van der Waals surface area (Å²) in [5, 5.41) is 0. The van der Waals surface area contributed by atoms with E-state index in [-0.39, 0.29) is 0 Å². The lowest BCUT2D eigenvalue weighted by atomic mass is 10.1. The minimum absolute atomic E-state index is 0.460. The zero-order valence-corrected chi connectivity index (χ0v) is 17.0. The summed E-state index contributed by atoms with van der Waals surface area (Å²) < 4.78 is 22.7. The number of ether oxygens (including phenoxy) is 4. The zero-order valence-electron chi connectivity index (χ0n) is 17.0. The molecule has 0 aromatic heterocycles. The van der Waals surface area contributed by atoms with Gasteiger partial charge in [-0.25, -0.2) is 0 Å². The Morgan fingerprint density at radius 3 is 2.22 bits per heavy atom. The molecule has 4 heteroatoms. The molecule has 2 aromatic rings. The molecule has 0 heterocycles. The van der Waals surface area contributed by atoms with Crippen LogP contribution in [-0.4, -0.2) is 33.5 Å². The van der Waals surface area contributed by atoms with Crippen molar-refractivity contribution in [2.45, 2.75) is 27.7 Å². The first-order valence-corrected chi connectivity index (χ1v) is 9.27. The topological polar surface area (TPSA) is 36.9 Å². The van der Waals surface area contributed by atoms with E-state index in [9.17, 15) is 0 Å². The number of methoxy groups -OCH3 is 1. The SMILES string of the molecule is C/C=C/c1ccc(OCCOCCOc2c(C)ccc(C)c2C)c(OC)c1. The van der Waals surface area contributed by atoms with E-state index in [0.717, 1.165) is 28.4 Å². The van der Waals surface area contributed by atoms with Crippen LogP contribution in [0.25, 0.3) is 6.08 Å². The first-order chi connectivity index (χ1) is 13.1. The second-order valence-corrected chi connectivity index (χ2v) is 6.37. The summed E-state index contributed by atoms with van der Waals surface area (Å²) in [6.07, 6.45) is 4.01. The number of aryl methyl sites for hydroxylation is 2. The van der Waals surface area contributed by atoms with Crippen molar-refractivity contribution in [3.8, 4) is 17.2 Å². The monoisotopic (exact) mass is 370 g/mol. The van der Waals surface area contributed by atoms with Crippen molar-refractivity contribution in [1.29, 1.82) is 0 Å². The van der Waals surface area contributed by atoms with E-state index in [0.29, 0.717) is 26.4 Å². The Hall–Kier alpha value is -2.46. The van der Waals surface area contributed by atoms with Crippen molar-refractivity contribution in [2.75, 3.05) is 33.5 Å². The smallest absolute Gasteiger partial charge is 0.161 e. The van der Waals surface area contributed by atoms with E-state index in [1.807, 2.05) is 37.3 Å². The van der Waals surface area contributed by atoms with Crippen LogP contribution in [0.4, 0.5) is 0 Å². The molecule has 0 N–H and O–H groups in total. The van der Waals surface area contributed by atoms with Crippen molar-refractivity contribution in [3.05, 3.63) is 58.7 Å². The molecule has 0 fully saturated rings. The molecule has 0 aliphatic carbocycles. The van der Waals surface area contributed by atoms with Crippen molar-refractivity contribution in [3.63, 3.8) is 0 Å². The van der Waals surface area contributed by atoms with E-state index in [1.165, 1.54) is 11.1 Å². The minimum Gasteiger partial charge on any atom is -0.493 e. The Morgan fingerprint density at radius 1 is 0.815 bits per heavy atom. The van der Waals surface area contributed by atoms with Crippen molar-refractivity contribution in [2.24, 2.45) is 0 Å². The Kier molecular flexibility index (Phi) is 8.21. The molecule has 0 unspecified atom stereocenters. The van der Waals surface area contributed by atoms with Crippen LogP contribution in [0.2, 0.25) is 0 Å². The maximum Gasteiger partial charge on any atom is 0.161 e. The summed E-state index contributed by atoms with van der Waals surface area (Å²) in [7, 11) is 1.64. The fraction of sp³-hybridized carbons (Fsp3) is 0.391. The third-order valence-electron chi connectivity index (χ3n) is 4.38. The maximum atomic E-state index is 5.89. The Bertz CT molecular complexity index is 765. The molecule has 0 saturated heterocycles. The molecule has 0 atom stereocenters. The summed E-state index contributed by atoms with van der Waals surface area (Å²) in [6, 6.07) is 10.1. The Balaban J connectivity index is 1.72. The molecule has 0 aliphatic heterocycles. The molecule has 0 amide bonds. The van der Waals surface area contributed by atoms with E-state index in [1.54, 1.807) is 7.11 Å². The quantitative estimate of drug-likeness (QED) is 0.544. The summed E-state index contributed by atoms with van der Waals surface area (Å²) in [5.74, 6) is 2.40. The van der Waals surface area contributed by atoms with Crippen LogP contribution in [0, 0.1) is 20.8 Å². The van der Waals surface area contributed by atoms with Crippen LogP contribution >= 0.6 is 0 Å². The Morgan fingerprint density at radius 2 is 1.52 bits per heavy atom. The number of hydrogen-bond acceptors (Lipinski definition) is 4. The molecule has 27 heavy (non-hydrogen) atoms. The predicted molar refractivity (Wildman–Crippen MR) is 110 cm³/mol. The fourth-order valence-electron chi connectivity index (χ4n) is 2.76.